The van der Waals surface area contributed by atoms with E-state index in [-0.39, 0.29) is 0 Å². The van der Waals surface area contributed by atoms with Crippen LogP contribution in [0.3, 0.4) is 0 Å². The van der Waals surface area contributed by atoms with Crippen LogP contribution < -0.4 is 5.32 Å². The number of aliphatic hydroxyl groups excluding tert-OH is 1. The fraction of sp³-hybridized carbons (Fsp3) is 0.211. The zero-order valence-electron chi connectivity index (χ0n) is 13.2. The molecule has 0 spiro atoms. The van der Waals surface area contributed by atoms with Gasteiger partial charge in [0.2, 0.25) is 0 Å². The second-order valence-electron chi connectivity index (χ2n) is 5.62. The molecule has 23 heavy (non-hydrogen) atoms. The lowest BCUT2D eigenvalue weighted by atomic mass is 10.0. The van der Waals surface area contributed by atoms with E-state index in [0.29, 0.717) is 13.1 Å². The minimum atomic E-state index is -0.495. The lowest BCUT2D eigenvalue weighted by Crippen LogP contribution is -2.21. The summed E-state index contributed by atoms with van der Waals surface area (Å²) in [4.78, 5) is 0. The highest BCUT2D eigenvalue weighted by molar-refractivity contribution is 5.35. The lowest BCUT2D eigenvalue weighted by Gasteiger charge is -2.14. The highest BCUT2D eigenvalue weighted by Gasteiger charge is 2.09. The Morgan fingerprint density at radius 3 is 2.78 bits per heavy atom. The van der Waals surface area contributed by atoms with E-state index in [9.17, 15) is 5.11 Å². The van der Waals surface area contributed by atoms with E-state index < -0.39 is 6.10 Å². The number of nitrogens with one attached hydrogen (secondary N) is 1. The monoisotopic (exact) mass is 307 g/mol. The summed E-state index contributed by atoms with van der Waals surface area (Å²) in [7, 11) is 0. The van der Waals surface area contributed by atoms with E-state index in [1.165, 1.54) is 0 Å². The molecule has 3 aromatic rings. The molecule has 0 radical (unpaired) electrons. The smallest absolute Gasteiger partial charge is 0.0917 e. The largest absolute Gasteiger partial charge is 0.387 e. The van der Waals surface area contributed by atoms with Crippen molar-refractivity contribution < 1.29 is 5.11 Å². The third kappa shape index (κ3) is 3.86. The van der Waals surface area contributed by atoms with Crippen molar-refractivity contribution in [1.29, 1.82) is 0 Å². The minimum absolute atomic E-state index is 0.495. The molecule has 2 aromatic carbocycles. The van der Waals surface area contributed by atoms with Crippen LogP contribution in [0.15, 0.2) is 67.0 Å². The van der Waals surface area contributed by atoms with E-state index >= 15 is 0 Å². The molecule has 1 unspecified atom stereocenters. The van der Waals surface area contributed by atoms with Crippen molar-refractivity contribution in [3.05, 3.63) is 83.7 Å². The summed E-state index contributed by atoms with van der Waals surface area (Å²) in [6.07, 6.45) is 3.20. The van der Waals surface area contributed by atoms with Crippen LogP contribution in [-0.2, 0) is 6.54 Å². The van der Waals surface area contributed by atoms with E-state index in [1.807, 2.05) is 60.3 Å². The minimum Gasteiger partial charge on any atom is -0.387 e. The maximum Gasteiger partial charge on any atom is 0.0917 e. The van der Waals surface area contributed by atoms with Gasteiger partial charge >= 0.3 is 0 Å². The average Bonchev–Trinajstić information content (AvgIpc) is 3.10. The topological polar surface area (TPSA) is 50.1 Å². The quantitative estimate of drug-likeness (QED) is 0.736. The number of nitrogens with zero attached hydrogens (tertiary/aromatic N) is 2. The van der Waals surface area contributed by atoms with Crippen molar-refractivity contribution >= 4 is 0 Å². The normalized spacial score (nSPS) is 12.3. The molecule has 0 saturated carbocycles. The molecular formula is C19H21N3O. The summed E-state index contributed by atoms with van der Waals surface area (Å²) in [5, 5.41) is 17.9. The van der Waals surface area contributed by atoms with E-state index in [0.717, 1.165) is 22.4 Å². The Hall–Kier alpha value is -2.43. The summed E-state index contributed by atoms with van der Waals surface area (Å²) < 4.78 is 1.84. The molecule has 0 fully saturated rings. The highest BCUT2D eigenvalue weighted by atomic mass is 16.3. The molecule has 1 aromatic heterocycles. The van der Waals surface area contributed by atoms with Gasteiger partial charge in [0.1, 0.15) is 0 Å². The second kappa shape index (κ2) is 7.22. The average molecular weight is 307 g/mol. The first-order valence-electron chi connectivity index (χ1n) is 7.77. The van der Waals surface area contributed by atoms with Crippen molar-refractivity contribution in [3.63, 3.8) is 0 Å². The molecule has 0 amide bonds. The fourth-order valence-electron chi connectivity index (χ4n) is 2.65. The second-order valence-corrected chi connectivity index (χ2v) is 5.62. The number of aryl methyl sites for hydroxylation is 1. The number of aliphatic hydroxyl groups is 1. The molecule has 4 heteroatoms. The summed E-state index contributed by atoms with van der Waals surface area (Å²) in [6.45, 7) is 3.25. The molecule has 0 aliphatic heterocycles. The third-order valence-corrected chi connectivity index (χ3v) is 3.89. The van der Waals surface area contributed by atoms with Gasteiger partial charge in [0.15, 0.2) is 0 Å². The van der Waals surface area contributed by atoms with Crippen LogP contribution in [0.4, 0.5) is 0 Å². The molecular weight excluding hydrogens is 286 g/mol. The molecule has 0 bridgehead atoms. The zero-order chi connectivity index (χ0) is 16.1. The molecule has 0 aliphatic carbocycles. The third-order valence-electron chi connectivity index (χ3n) is 3.89. The molecule has 118 valence electrons. The maximum atomic E-state index is 10.3. The van der Waals surface area contributed by atoms with Gasteiger partial charge < -0.3 is 10.4 Å². The summed E-state index contributed by atoms with van der Waals surface area (Å²) >= 11 is 0. The molecule has 4 nitrogen and oxygen atoms in total. The lowest BCUT2D eigenvalue weighted by molar-refractivity contribution is 0.173. The summed E-state index contributed by atoms with van der Waals surface area (Å²) in [6, 6.07) is 18.1. The van der Waals surface area contributed by atoms with Crippen molar-refractivity contribution in [3.8, 4) is 5.69 Å². The molecule has 0 saturated heterocycles. The Balaban J connectivity index is 1.59. The number of aromatic nitrogens is 2. The SMILES string of the molecule is Cc1ccccc1C(O)CNCc1cccc(-n2cccn2)c1. The number of hydrogen-bond donors (Lipinski definition) is 2. The Bertz CT molecular complexity index is 753. The molecule has 0 aliphatic rings. The van der Waals surface area contributed by atoms with Gasteiger partial charge in [-0.05, 0) is 41.8 Å². The predicted octanol–water partition coefficient (Wildman–Crippen LogP) is 3.00. The summed E-state index contributed by atoms with van der Waals surface area (Å²) in [5.41, 5.74) is 4.29. The Morgan fingerprint density at radius 2 is 2.00 bits per heavy atom. The van der Waals surface area contributed by atoms with Gasteiger partial charge in [0.25, 0.3) is 0 Å². The Morgan fingerprint density at radius 1 is 1.13 bits per heavy atom. The fourth-order valence-corrected chi connectivity index (χ4v) is 2.65. The number of rotatable bonds is 6. The van der Waals surface area contributed by atoms with Crippen LogP contribution in [0.2, 0.25) is 0 Å². The zero-order valence-corrected chi connectivity index (χ0v) is 13.2. The van der Waals surface area contributed by atoms with Gasteiger partial charge in [-0.1, -0.05) is 36.4 Å². The van der Waals surface area contributed by atoms with Crippen molar-refractivity contribution in [1.82, 2.24) is 15.1 Å². The standard InChI is InChI=1S/C19H21N3O/c1-15-6-2-3-9-18(15)19(23)14-20-13-16-7-4-8-17(12-16)22-11-5-10-21-22/h2-12,19-20,23H,13-14H2,1H3. The van der Waals surface area contributed by atoms with Gasteiger partial charge in [0.05, 0.1) is 11.8 Å². The molecule has 2 N–H and O–H groups in total. The van der Waals surface area contributed by atoms with Crippen LogP contribution >= 0.6 is 0 Å². The number of hydrogen-bond acceptors (Lipinski definition) is 3. The Kier molecular flexibility index (Phi) is 4.86. The van der Waals surface area contributed by atoms with Gasteiger partial charge in [-0.15, -0.1) is 0 Å². The van der Waals surface area contributed by atoms with Crippen LogP contribution in [-0.4, -0.2) is 21.4 Å². The van der Waals surface area contributed by atoms with E-state index in [1.54, 1.807) is 6.20 Å². The predicted molar refractivity (Wildman–Crippen MR) is 91.4 cm³/mol. The maximum absolute atomic E-state index is 10.3. The van der Waals surface area contributed by atoms with Gasteiger partial charge in [-0.25, -0.2) is 4.68 Å². The van der Waals surface area contributed by atoms with Gasteiger partial charge in [0, 0.05) is 25.5 Å². The van der Waals surface area contributed by atoms with Crippen molar-refractivity contribution in [2.75, 3.05) is 6.54 Å². The van der Waals surface area contributed by atoms with Crippen LogP contribution in [0.5, 0.6) is 0 Å². The van der Waals surface area contributed by atoms with Crippen LogP contribution in [0, 0.1) is 6.92 Å². The van der Waals surface area contributed by atoms with Crippen LogP contribution in [0.1, 0.15) is 22.8 Å². The van der Waals surface area contributed by atoms with Gasteiger partial charge in [-0.2, -0.15) is 5.10 Å². The number of benzene rings is 2. The van der Waals surface area contributed by atoms with Crippen molar-refractivity contribution in [2.45, 2.75) is 19.6 Å². The van der Waals surface area contributed by atoms with Crippen molar-refractivity contribution in [2.24, 2.45) is 0 Å². The van der Waals surface area contributed by atoms with Gasteiger partial charge in [-0.3, -0.25) is 0 Å². The molecule has 3 rings (SSSR count). The Labute approximate surface area is 136 Å². The first-order chi connectivity index (χ1) is 11.2. The van der Waals surface area contributed by atoms with E-state index in [2.05, 4.69) is 22.5 Å². The van der Waals surface area contributed by atoms with Crippen LogP contribution in [0.25, 0.3) is 5.69 Å². The highest BCUT2D eigenvalue weighted by Crippen LogP contribution is 2.16. The first-order valence-corrected chi connectivity index (χ1v) is 7.77. The van der Waals surface area contributed by atoms with E-state index in [4.69, 9.17) is 0 Å². The summed E-state index contributed by atoms with van der Waals surface area (Å²) in [5.74, 6) is 0. The first kappa shape index (κ1) is 15.5. The molecule has 1 heterocycles. The molecule has 1 atom stereocenters.